The van der Waals surface area contributed by atoms with Crippen molar-refractivity contribution in [3.63, 3.8) is 0 Å². The van der Waals surface area contributed by atoms with E-state index < -0.39 is 0 Å². The minimum atomic E-state index is 0.0893. The highest BCUT2D eigenvalue weighted by molar-refractivity contribution is 5.13. The van der Waals surface area contributed by atoms with Crippen LogP contribution in [0.4, 0.5) is 0 Å². The Balaban J connectivity index is 1.69. The third-order valence-electron chi connectivity index (χ3n) is 4.96. The minimum Gasteiger partial charge on any atom is -0.374 e. The van der Waals surface area contributed by atoms with Crippen molar-refractivity contribution in [1.29, 1.82) is 0 Å². The third-order valence-corrected chi connectivity index (χ3v) is 4.96. The summed E-state index contributed by atoms with van der Waals surface area (Å²) in [5.41, 5.74) is 3.42. The Morgan fingerprint density at radius 1 is 1.38 bits per heavy atom. The molecular formula is C17H28N6O. The standard InChI is InChI=1S/C17H28N6O/c1-12-8-14(20-23(12)5)13(2)19-10-16-17(21(3)6-7-24-16)15-9-18-11-22(15)4/h8-9,11,13,16-17,19H,6-7,10H2,1-5H3/t13?,16-,17-/m0/s1. The number of rotatable bonds is 5. The predicted octanol–water partition coefficient (Wildman–Crippen LogP) is 1.18. The Morgan fingerprint density at radius 2 is 2.17 bits per heavy atom. The van der Waals surface area contributed by atoms with Gasteiger partial charge in [-0.15, -0.1) is 0 Å². The van der Waals surface area contributed by atoms with Crippen LogP contribution in [0.2, 0.25) is 0 Å². The number of morpholine rings is 1. The first kappa shape index (κ1) is 17.1. The molecule has 0 saturated carbocycles. The van der Waals surface area contributed by atoms with Gasteiger partial charge < -0.3 is 14.6 Å². The van der Waals surface area contributed by atoms with Crippen LogP contribution in [0.1, 0.15) is 36.1 Å². The van der Waals surface area contributed by atoms with Crippen molar-refractivity contribution in [3.8, 4) is 0 Å². The maximum atomic E-state index is 6.08. The predicted molar refractivity (Wildman–Crippen MR) is 92.7 cm³/mol. The van der Waals surface area contributed by atoms with Crippen molar-refractivity contribution in [3.05, 3.63) is 35.7 Å². The van der Waals surface area contributed by atoms with Crippen LogP contribution in [-0.2, 0) is 18.8 Å². The summed E-state index contributed by atoms with van der Waals surface area (Å²) in [5.74, 6) is 0. The first-order valence-corrected chi connectivity index (χ1v) is 8.49. The molecule has 3 heterocycles. The summed E-state index contributed by atoms with van der Waals surface area (Å²) in [6.07, 6.45) is 3.88. The van der Waals surface area contributed by atoms with Crippen molar-refractivity contribution in [2.75, 3.05) is 26.7 Å². The Morgan fingerprint density at radius 3 is 2.79 bits per heavy atom. The monoisotopic (exact) mass is 332 g/mol. The summed E-state index contributed by atoms with van der Waals surface area (Å²) in [5, 5.41) is 8.14. The fraction of sp³-hybridized carbons (Fsp3) is 0.647. The largest absolute Gasteiger partial charge is 0.374 e. The van der Waals surface area contributed by atoms with Crippen LogP contribution in [-0.4, -0.2) is 57.1 Å². The van der Waals surface area contributed by atoms with Crippen LogP contribution < -0.4 is 5.32 Å². The van der Waals surface area contributed by atoms with Gasteiger partial charge in [0, 0.05) is 45.1 Å². The minimum absolute atomic E-state index is 0.0893. The zero-order valence-electron chi connectivity index (χ0n) is 15.2. The first-order chi connectivity index (χ1) is 11.5. The van der Waals surface area contributed by atoms with Gasteiger partial charge in [-0.25, -0.2) is 4.98 Å². The molecule has 1 N–H and O–H groups in total. The van der Waals surface area contributed by atoms with E-state index in [1.165, 1.54) is 11.4 Å². The van der Waals surface area contributed by atoms with Gasteiger partial charge in [0.05, 0.1) is 36.5 Å². The molecule has 1 unspecified atom stereocenters. The van der Waals surface area contributed by atoms with Gasteiger partial charge in [0.1, 0.15) is 0 Å². The zero-order valence-corrected chi connectivity index (χ0v) is 15.2. The molecule has 1 aliphatic heterocycles. The van der Waals surface area contributed by atoms with E-state index in [2.05, 4.69) is 51.8 Å². The molecule has 1 aliphatic rings. The Labute approximate surface area is 143 Å². The molecule has 1 saturated heterocycles. The third kappa shape index (κ3) is 3.38. The van der Waals surface area contributed by atoms with Gasteiger partial charge in [0.2, 0.25) is 0 Å². The number of hydrogen-bond donors (Lipinski definition) is 1. The highest BCUT2D eigenvalue weighted by Crippen LogP contribution is 2.28. The molecule has 7 nitrogen and oxygen atoms in total. The van der Waals surface area contributed by atoms with Crippen LogP contribution in [0.3, 0.4) is 0 Å². The van der Waals surface area contributed by atoms with Crippen LogP contribution in [0.5, 0.6) is 0 Å². The second kappa shape index (κ2) is 7.04. The van der Waals surface area contributed by atoms with E-state index in [4.69, 9.17) is 4.74 Å². The van der Waals surface area contributed by atoms with E-state index in [1.807, 2.05) is 31.3 Å². The number of likely N-dealkylation sites (N-methyl/N-ethyl adjacent to an activating group) is 1. The number of ether oxygens (including phenoxy) is 1. The Kier molecular flexibility index (Phi) is 5.03. The van der Waals surface area contributed by atoms with Crippen molar-refractivity contribution < 1.29 is 4.74 Å². The lowest BCUT2D eigenvalue weighted by atomic mass is 10.0. The van der Waals surface area contributed by atoms with Gasteiger partial charge in [-0.1, -0.05) is 0 Å². The molecule has 24 heavy (non-hydrogen) atoms. The van der Waals surface area contributed by atoms with Gasteiger partial charge in [-0.2, -0.15) is 5.10 Å². The fourth-order valence-electron chi connectivity index (χ4n) is 3.30. The van der Waals surface area contributed by atoms with E-state index in [1.54, 1.807) is 0 Å². The number of aromatic nitrogens is 4. The highest BCUT2D eigenvalue weighted by Gasteiger charge is 2.33. The molecule has 132 valence electrons. The summed E-state index contributed by atoms with van der Waals surface area (Å²) in [6, 6.07) is 2.52. The number of aryl methyl sites for hydroxylation is 3. The molecule has 7 heteroatoms. The Hall–Kier alpha value is -1.70. The molecule has 3 atom stereocenters. The summed E-state index contributed by atoms with van der Waals surface area (Å²) < 4.78 is 10.1. The summed E-state index contributed by atoms with van der Waals surface area (Å²) in [6.45, 7) is 6.68. The summed E-state index contributed by atoms with van der Waals surface area (Å²) in [4.78, 5) is 6.62. The van der Waals surface area contributed by atoms with Crippen molar-refractivity contribution >= 4 is 0 Å². The number of nitrogens with one attached hydrogen (secondary N) is 1. The van der Waals surface area contributed by atoms with Crippen LogP contribution in [0.15, 0.2) is 18.6 Å². The van der Waals surface area contributed by atoms with E-state index in [0.29, 0.717) is 0 Å². The lowest BCUT2D eigenvalue weighted by molar-refractivity contribution is -0.0643. The number of hydrogen-bond acceptors (Lipinski definition) is 5. The molecule has 1 fully saturated rings. The molecular weight excluding hydrogens is 304 g/mol. The highest BCUT2D eigenvalue weighted by atomic mass is 16.5. The second-order valence-corrected chi connectivity index (χ2v) is 6.73. The molecule has 0 spiro atoms. The zero-order chi connectivity index (χ0) is 17.3. The molecule has 2 aromatic heterocycles. The molecule has 0 radical (unpaired) electrons. The molecule has 0 amide bonds. The lowest BCUT2D eigenvalue weighted by Gasteiger charge is -2.39. The molecule has 2 aromatic rings. The van der Waals surface area contributed by atoms with Gasteiger partial charge in [0.15, 0.2) is 0 Å². The van der Waals surface area contributed by atoms with Crippen molar-refractivity contribution in [1.82, 2.24) is 29.5 Å². The second-order valence-electron chi connectivity index (χ2n) is 6.73. The van der Waals surface area contributed by atoms with E-state index >= 15 is 0 Å². The van der Waals surface area contributed by atoms with Gasteiger partial charge in [-0.3, -0.25) is 9.58 Å². The average molecular weight is 332 g/mol. The van der Waals surface area contributed by atoms with Crippen LogP contribution >= 0.6 is 0 Å². The molecule has 0 aromatic carbocycles. The fourth-order valence-corrected chi connectivity index (χ4v) is 3.30. The van der Waals surface area contributed by atoms with Crippen molar-refractivity contribution in [2.24, 2.45) is 14.1 Å². The van der Waals surface area contributed by atoms with E-state index in [9.17, 15) is 0 Å². The summed E-state index contributed by atoms with van der Waals surface area (Å²) in [7, 11) is 6.16. The van der Waals surface area contributed by atoms with Crippen LogP contribution in [0, 0.1) is 6.92 Å². The van der Waals surface area contributed by atoms with Crippen molar-refractivity contribution in [2.45, 2.75) is 32.0 Å². The quantitative estimate of drug-likeness (QED) is 0.891. The smallest absolute Gasteiger partial charge is 0.0946 e. The number of nitrogens with zero attached hydrogens (tertiary/aromatic N) is 5. The average Bonchev–Trinajstić information content (AvgIpc) is 3.11. The molecule has 3 rings (SSSR count). The molecule has 0 aliphatic carbocycles. The topological polar surface area (TPSA) is 60.1 Å². The number of imidazole rings is 1. The van der Waals surface area contributed by atoms with Gasteiger partial charge in [-0.05, 0) is 27.0 Å². The first-order valence-electron chi connectivity index (χ1n) is 8.49. The normalized spacial score (nSPS) is 23.5. The Bertz CT molecular complexity index is 659. The van der Waals surface area contributed by atoms with E-state index in [0.717, 1.165) is 25.4 Å². The molecule has 0 bridgehead atoms. The van der Waals surface area contributed by atoms with E-state index in [-0.39, 0.29) is 18.2 Å². The van der Waals surface area contributed by atoms with Crippen LogP contribution in [0.25, 0.3) is 0 Å². The SMILES string of the molecule is Cc1cc(C(C)NC[C@@H]2OCCN(C)[C@H]2c2cncn2C)nn1C. The van der Waals surface area contributed by atoms with Gasteiger partial charge >= 0.3 is 0 Å². The lowest BCUT2D eigenvalue weighted by Crippen LogP contribution is -2.48. The van der Waals surface area contributed by atoms with Gasteiger partial charge in [0.25, 0.3) is 0 Å². The maximum absolute atomic E-state index is 6.08. The summed E-state index contributed by atoms with van der Waals surface area (Å²) >= 11 is 0. The maximum Gasteiger partial charge on any atom is 0.0946 e.